The van der Waals surface area contributed by atoms with Crippen molar-refractivity contribution in [1.82, 2.24) is 10.2 Å². The highest BCUT2D eigenvalue weighted by atomic mass is 32.1. The van der Waals surface area contributed by atoms with Crippen LogP contribution in [0.2, 0.25) is 0 Å². The van der Waals surface area contributed by atoms with Gasteiger partial charge in [0.05, 0.1) is 12.2 Å². The van der Waals surface area contributed by atoms with E-state index in [1.165, 1.54) is 16.2 Å². The van der Waals surface area contributed by atoms with Gasteiger partial charge in [-0.15, -0.1) is 11.3 Å². The molecule has 3 amide bonds. The monoisotopic (exact) mass is 365 g/mol. The third kappa shape index (κ3) is 4.14. The first-order chi connectivity index (χ1) is 12.0. The zero-order valence-electron chi connectivity index (χ0n) is 13.3. The Labute approximate surface area is 147 Å². The lowest BCUT2D eigenvalue weighted by Gasteiger charge is -2.24. The van der Waals surface area contributed by atoms with Crippen LogP contribution in [0.1, 0.15) is 17.7 Å². The van der Waals surface area contributed by atoms with Gasteiger partial charge in [0.2, 0.25) is 5.91 Å². The minimum absolute atomic E-state index is 0.115. The lowest BCUT2D eigenvalue weighted by atomic mass is 10.2. The van der Waals surface area contributed by atoms with E-state index in [0.717, 1.165) is 17.0 Å². The number of benzene rings is 1. The fourth-order valence-electron chi connectivity index (χ4n) is 2.77. The van der Waals surface area contributed by atoms with Crippen LogP contribution in [-0.2, 0) is 11.3 Å². The highest BCUT2D eigenvalue weighted by Crippen LogP contribution is 2.21. The Hall–Kier alpha value is -2.48. The van der Waals surface area contributed by atoms with Crippen molar-refractivity contribution in [3.05, 3.63) is 52.2 Å². The van der Waals surface area contributed by atoms with E-state index >= 15 is 0 Å². The Balaban J connectivity index is 1.61. The summed E-state index contributed by atoms with van der Waals surface area (Å²) < 4.78 is 26.6. The summed E-state index contributed by atoms with van der Waals surface area (Å²) in [4.78, 5) is 27.1. The van der Waals surface area contributed by atoms with Crippen LogP contribution in [0.4, 0.5) is 19.3 Å². The average Bonchev–Trinajstić information content (AvgIpc) is 3.26. The maximum absolute atomic E-state index is 13.7. The van der Waals surface area contributed by atoms with Crippen molar-refractivity contribution >= 4 is 29.0 Å². The van der Waals surface area contributed by atoms with Gasteiger partial charge in [-0.1, -0.05) is 6.07 Å². The molecule has 132 valence electrons. The van der Waals surface area contributed by atoms with Gasteiger partial charge < -0.3 is 15.5 Å². The van der Waals surface area contributed by atoms with Gasteiger partial charge in [-0.2, -0.15) is 0 Å². The van der Waals surface area contributed by atoms with Crippen LogP contribution in [0, 0.1) is 11.6 Å². The summed E-state index contributed by atoms with van der Waals surface area (Å²) in [6.45, 7) is 0.820. The predicted octanol–water partition coefficient (Wildman–Crippen LogP) is 3.34. The Morgan fingerprint density at radius 2 is 2.12 bits per heavy atom. The number of urea groups is 1. The zero-order valence-corrected chi connectivity index (χ0v) is 14.1. The van der Waals surface area contributed by atoms with Crippen LogP contribution in [-0.4, -0.2) is 29.4 Å². The Kier molecular flexibility index (Phi) is 5.28. The number of hydrogen-bond acceptors (Lipinski definition) is 3. The van der Waals surface area contributed by atoms with Crippen LogP contribution >= 0.6 is 11.3 Å². The number of amides is 3. The second-order valence-electron chi connectivity index (χ2n) is 5.70. The molecule has 1 aromatic heterocycles. The van der Waals surface area contributed by atoms with Crippen LogP contribution in [0.3, 0.4) is 0 Å². The van der Waals surface area contributed by atoms with Gasteiger partial charge in [-0.05, 0) is 36.4 Å². The number of nitrogens with one attached hydrogen (secondary N) is 2. The van der Waals surface area contributed by atoms with Crippen molar-refractivity contribution in [2.24, 2.45) is 0 Å². The molecule has 5 nitrogen and oxygen atoms in total. The molecule has 0 spiro atoms. The minimum Gasteiger partial charge on any atom is -0.349 e. The van der Waals surface area contributed by atoms with Gasteiger partial charge in [0.1, 0.15) is 17.7 Å². The maximum Gasteiger partial charge on any atom is 0.322 e. The molecule has 0 radical (unpaired) electrons. The average molecular weight is 365 g/mol. The smallest absolute Gasteiger partial charge is 0.322 e. The topological polar surface area (TPSA) is 61.4 Å². The van der Waals surface area contributed by atoms with Crippen LogP contribution in [0.25, 0.3) is 0 Å². The van der Waals surface area contributed by atoms with E-state index in [-0.39, 0.29) is 11.6 Å². The molecule has 0 bridgehead atoms. The fraction of sp³-hybridized carbons (Fsp3) is 0.294. The summed E-state index contributed by atoms with van der Waals surface area (Å²) in [6.07, 6.45) is 1.24. The van der Waals surface area contributed by atoms with Crippen molar-refractivity contribution in [3.63, 3.8) is 0 Å². The van der Waals surface area contributed by atoms with E-state index in [0.29, 0.717) is 32.0 Å². The van der Waals surface area contributed by atoms with Crippen molar-refractivity contribution < 1.29 is 18.4 Å². The SMILES string of the molecule is O=C(NCc1cccs1)[C@@H]1CCCN1C(=O)Nc1ccc(F)cc1F. The predicted molar refractivity (Wildman–Crippen MR) is 91.3 cm³/mol. The molecule has 3 rings (SSSR count). The van der Waals surface area contributed by atoms with Crippen molar-refractivity contribution in [1.29, 1.82) is 0 Å². The molecule has 1 atom stereocenters. The summed E-state index contributed by atoms with van der Waals surface area (Å²) in [5.41, 5.74) is -0.115. The highest BCUT2D eigenvalue weighted by molar-refractivity contribution is 7.09. The second kappa shape index (κ2) is 7.60. The molecule has 2 aromatic rings. The van der Waals surface area contributed by atoms with Crippen molar-refractivity contribution in [3.8, 4) is 0 Å². The highest BCUT2D eigenvalue weighted by Gasteiger charge is 2.34. The molecule has 2 heterocycles. The minimum atomic E-state index is -0.855. The van der Waals surface area contributed by atoms with Gasteiger partial charge in [0.25, 0.3) is 0 Å². The van der Waals surface area contributed by atoms with E-state index in [2.05, 4.69) is 10.6 Å². The Bertz CT molecular complexity index is 767. The largest absolute Gasteiger partial charge is 0.349 e. The molecule has 1 aromatic carbocycles. The molecule has 1 saturated heterocycles. The molecule has 1 fully saturated rings. The van der Waals surface area contributed by atoms with Gasteiger partial charge >= 0.3 is 6.03 Å². The van der Waals surface area contributed by atoms with Crippen LogP contribution < -0.4 is 10.6 Å². The summed E-state index contributed by atoms with van der Waals surface area (Å²) >= 11 is 1.54. The number of carbonyl (C=O) groups is 2. The van der Waals surface area contributed by atoms with Gasteiger partial charge in [-0.25, -0.2) is 13.6 Å². The number of nitrogens with zero attached hydrogens (tertiary/aromatic N) is 1. The molecule has 8 heteroatoms. The first-order valence-electron chi connectivity index (χ1n) is 7.87. The molecular weight excluding hydrogens is 348 g/mol. The lowest BCUT2D eigenvalue weighted by molar-refractivity contribution is -0.124. The second-order valence-corrected chi connectivity index (χ2v) is 6.74. The first kappa shape index (κ1) is 17.3. The number of thiophene rings is 1. The van der Waals surface area contributed by atoms with E-state index in [9.17, 15) is 18.4 Å². The molecule has 0 unspecified atom stereocenters. The number of hydrogen-bond donors (Lipinski definition) is 2. The van der Waals surface area contributed by atoms with Gasteiger partial charge in [0.15, 0.2) is 0 Å². The number of anilines is 1. The zero-order chi connectivity index (χ0) is 17.8. The quantitative estimate of drug-likeness (QED) is 0.873. The summed E-state index contributed by atoms with van der Waals surface area (Å²) in [6, 6.07) is 5.58. The number of rotatable bonds is 4. The number of halogens is 2. The fourth-order valence-corrected chi connectivity index (χ4v) is 3.41. The normalized spacial score (nSPS) is 16.7. The molecule has 25 heavy (non-hydrogen) atoms. The lowest BCUT2D eigenvalue weighted by Crippen LogP contribution is -2.47. The first-order valence-corrected chi connectivity index (χ1v) is 8.75. The van der Waals surface area contributed by atoms with Crippen molar-refractivity contribution in [2.45, 2.75) is 25.4 Å². The maximum atomic E-state index is 13.7. The van der Waals surface area contributed by atoms with E-state index in [4.69, 9.17) is 0 Å². The van der Waals surface area contributed by atoms with Gasteiger partial charge in [-0.3, -0.25) is 4.79 Å². The molecule has 0 aliphatic carbocycles. The molecular formula is C17H17F2N3O2S. The van der Waals surface area contributed by atoms with E-state index in [1.54, 1.807) is 0 Å². The standard InChI is InChI=1S/C17H17F2N3O2S/c18-11-5-6-14(13(19)9-11)21-17(24)22-7-1-4-15(22)16(23)20-10-12-3-2-8-25-12/h2-3,5-6,8-9,15H,1,4,7,10H2,(H,20,23)(H,21,24)/t15-/m0/s1. The van der Waals surface area contributed by atoms with Crippen LogP contribution in [0.5, 0.6) is 0 Å². The molecule has 0 saturated carbocycles. The summed E-state index contributed by atoms with van der Waals surface area (Å²) in [5, 5.41) is 7.15. The Morgan fingerprint density at radius 1 is 1.28 bits per heavy atom. The number of likely N-dealkylation sites (tertiary alicyclic amines) is 1. The molecule has 1 aliphatic rings. The van der Waals surface area contributed by atoms with Gasteiger partial charge in [0, 0.05) is 17.5 Å². The third-order valence-corrected chi connectivity index (χ3v) is 4.88. The molecule has 1 aliphatic heterocycles. The molecule has 2 N–H and O–H groups in total. The number of carbonyl (C=O) groups excluding carboxylic acids is 2. The Morgan fingerprint density at radius 3 is 2.84 bits per heavy atom. The van der Waals surface area contributed by atoms with Crippen LogP contribution in [0.15, 0.2) is 35.7 Å². The van der Waals surface area contributed by atoms with Crippen molar-refractivity contribution in [2.75, 3.05) is 11.9 Å². The summed E-state index contributed by atoms with van der Waals surface area (Å²) in [7, 11) is 0. The van der Waals surface area contributed by atoms with E-state index < -0.39 is 23.7 Å². The van der Waals surface area contributed by atoms with E-state index in [1.807, 2.05) is 17.5 Å². The summed E-state index contributed by atoms with van der Waals surface area (Å²) in [5.74, 6) is -1.81. The third-order valence-electron chi connectivity index (χ3n) is 4.01.